The fourth-order valence-electron chi connectivity index (χ4n) is 2.85. The first kappa shape index (κ1) is 18.6. The average molecular weight is 410 g/mol. The number of benzene rings is 2. The predicted octanol–water partition coefficient (Wildman–Crippen LogP) is 5.31. The Balaban J connectivity index is 1.47. The van der Waals surface area contributed by atoms with Crippen molar-refractivity contribution in [1.82, 2.24) is 9.97 Å². The van der Waals surface area contributed by atoms with Crippen LogP contribution in [0, 0.1) is 6.92 Å². The molecule has 142 valence electrons. The molecular formula is C21H19N3O2S2. The smallest absolute Gasteiger partial charge is 0.232 e. The summed E-state index contributed by atoms with van der Waals surface area (Å²) in [6, 6.07) is 13.9. The number of amides is 1. The fraction of sp³-hybridized carbons (Fsp3) is 0.190. The van der Waals surface area contributed by atoms with E-state index in [4.69, 9.17) is 4.74 Å². The highest BCUT2D eigenvalue weighted by Gasteiger charge is 2.14. The largest absolute Gasteiger partial charge is 0.493 e. The lowest BCUT2D eigenvalue weighted by Gasteiger charge is -2.07. The van der Waals surface area contributed by atoms with Crippen molar-refractivity contribution in [2.75, 3.05) is 11.9 Å². The van der Waals surface area contributed by atoms with Crippen LogP contribution >= 0.6 is 22.7 Å². The lowest BCUT2D eigenvalue weighted by molar-refractivity contribution is -0.115. The number of ether oxygens (including phenoxy) is 1. The van der Waals surface area contributed by atoms with E-state index in [1.54, 1.807) is 0 Å². The Kier molecular flexibility index (Phi) is 5.36. The van der Waals surface area contributed by atoms with E-state index < -0.39 is 0 Å². The number of hydrogen-bond donors (Lipinski definition) is 1. The molecule has 0 aliphatic carbocycles. The van der Waals surface area contributed by atoms with Crippen molar-refractivity contribution in [2.45, 2.75) is 20.3 Å². The topological polar surface area (TPSA) is 64.1 Å². The molecule has 0 aliphatic heterocycles. The van der Waals surface area contributed by atoms with E-state index in [0.717, 1.165) is 32.2 Å². The van der Waals surface area contributed by atoms with Crippen molar-refractivity contribution in [3.8, 4) is 16.3 Å². The number of carbonyl (C=O) groups is 1. The van der Waals surface area contributed by atoms with Crippen LogP contribution in [0.15, 0.2) is 47.8 Å². The summed E-state index contributed by atoms with van der Waals surface area (Å²) >= 11 is 2.99. The number of thiazole rings is 2. The van der Waals surface area contributed by atoms with Crippen LogP contribution in [-0.2, 0) is 11.2 Å². The number of fused-ring (bicyclic) bond motifs is 1. The summed E-state index contributed by atoms with van der Waals surface area (Å²) < 4.78 is 6.75. The van der Waals surface area contributed by atoms with Gasteiger partial charge in [-0.1, -0.05) is 29.5 Å². The zero-order valence-electron chi connectivity index (χ0n) is 15.6. The van der Waals surface area contributed by atoms with Crippen LogP contribution in [0.5, 0.6) is 5.75 Å². The highest BCUT2D eigenvalue weighted by molar-refractivity contribution is 7.22. The van der Waals surface area contributed by atoms with E-state index in [9.17, 15) is 4.79 Å². The predicted molar refractivity (Wildman–Crippen MR) is 115 cm³/mol. The summed E-state index contributed by atoms with van der Waals surface area (Å²) in [4.78, 5) is 21.5. The standard InChI is InChI=1S/C21H19N3O2S2/c1-3-26-17-7-5-4-6-15(17)20-22-14(12-27-20)11-19(25)24-21-23-16-9-8-13(2)10-18(16)28-21/h4-10,12H,3,11H2,1-2H3,(H,23,24,25). The Labute approximate surface area is 171 Å². The lowest BCUT2D eigenvalue weighted by Crippen LogP contribution is -2.14. The van der Waals surface area contributed by atoms with Gasteiger partial charge in [-0.3, -0.25) is 4.79 Å². The Morgan fingerprint density at radius 1 is 1.18 bits per heavy atom. The van der Waals surface area contributed by atoms with E-state index in [2.05, 4.69) is 21.4 Å². The fourth-order valence-corrected chi connectivity index (χ4v) is 4.68. The third-order valence-electron chi connectivity index (χ3n) is 4.10. The lowest BCUT2D eigenvalue weighted by atomic mass is 10.2. The monoisotopic (exact) mass is 409 g/mol. The average Bonchev–Trinajstić information content (AvgIpc) is 3.28. The molecule has 7 heteroatoms. The van der Waals surface area contributed by atoms with E-state index in [0.29, 0.717) is 11.7 Å². The summed E-state index contributed by atoms with van der Waals surface area (Å²) in [5.41, 5.74) is 3.76. The zero-order valence-corrected chi connectivity index (χ0v) is 17.2. The molecule has 0 unspecified atom stereocenters. The summed E-state index contributed by atoms with van der Waals surface area (Å²) in [6.07, 6.45) is 0.211. The summed E-state index contributed by atoms with van der Waals surface area (Å²) in [5.74, 6) is 0.686. The number of anilines is 1. The molecular weight excluding hydrogens is 390 g/mol. The van der Waals surface area contributed by atoms with E-state index in [1.807, 2.05) is 55.6 Å². The van der Waals surface area contributed by atoms with Gasteiger partial charge in [-0.05, 0) is 43.7 Å². The van der Waals surface area contributed by atoms with Crippen molar-refractivity contribution in [2.24, 2.45) is 0 Å². The summed E-state index contributed by atoms with van der Waals surface area (Å²) in [5, 5.41) is 6.27. The van der Waals surface area contributed by atoms with Gasteiger partial charge in [0.1, 0.15) is 10.8 Å². The number of hydrogen-bond acceptors (Lipinski definition) is 6. The van der Waals surface area contributed by atoms with E-state index in [-0.39, 0.29) is 12.3 Å². The molecule has 2 aromatic carbocycles. The number of rotatable bonds is 6. The Morgan fingerprint density at radius 2 is 2.04 bits per heavy atom. The van der Waals surface area contributed by atoms with Crippen LogP contribution in [0.1, 0.15) is 18.2 Å². The normalized spacial score (nSPS) is 10.9. The Morgan fingerprint density at radius 3 is 2.89 bits per heavy atom. The minimum Gasteiger partial charge on any atom is -0.493 e. The van der Waals surface area contributed by atoms with Crippen LogP contribution < -0.4 is 10.1 Å². The van der Waals surface area contributed by atoms with Crippen molar-refractivity contribution in [1.29, 1.82) is 0 Å². The molecule has 0 saturated heterocycles. The van der Waals surface area contributed by atoms with Crippen LogP contribution in [0.4, 0.5) is 5.13 Å². The molecule has 2 heterocycles. The number of carbonyl (C=O) groups excluding carboxylic acids is 1. The minimum absolute atomic E-state index is 0.120. The maximum absolute atomic E-state index is 12.4. The first-order valence-electron chi connectivity index (χ1n) is 8.96. The van der Waals surface area contributed by atoms with Gasteiger partial charge in [0.15, 0.2) is 5.13 Å². The molecule has 1 N–H and O–H groups in total. The first-order valence-corrected chi connectivity index (χ1v) is 10.7. The zero-order chi connectivity index (χ0) is 19.5. The van der Waals surface area contributed by atoms with Gasteiger partial charge in [0.2, 0.25) is 5.91 Å². The minimum atomic E-state index is -0.120. The maximum atomic E-state index is 12.4. The van der Waals surface area contributed by atoms with Crippen molar-refractivity contribution in [3.63, 3.8) is 0 Å². The van der Waals surface area contributed by atoms with Crippen molar-refractivity contribution < 1.29 is 9.53 Å². The molecule has 2 aromatic heterocycles. The maximum Gasteiger partial charge on any atom is 0.232 e. The third kappa shape index (κ3) is 4.05. The third-order valence-corrected chi connectivity index (χ3v) is 5.96. The van der Waals surface area contributed by atoms with Crippen molar-refractivity contribution in [3.05, 3.63) is 59.1 Å². The van der Waals surface area contributed by atoms with Gasteiger partial charge >= 0.3 is 0 Å². The first-order chi connectivity index (χ1) is 13.6. The molecule has 0 aliphatic rings. The van der Waals surface area contributed by atoms with Crippen LogP contribution in [-0.4, -0.2) is 22.5 Å². The number of para-hydroxylation sites is 1. The summed E-state index contributed by atoms with van der Waals surface area (Å²) in [6.45, 7) is 4.60. The molecule has 0 atom stereocenters. The number of aryl methyl sites for hydroxylation is 1. The van der Waals surface area contributed by atoms with Gasteiger partial charge < -0.3 is 10.1 Å². The summed E-state index contributed by atoms with van der Waals surface area (Å²) in [7, 11) is 0. The quantitative estimate of drug-likeness (QED) is 0.469. The second-order valence-corrected chi connectivity index (χ2v) is 8.18. The van der Waals surface area contributed by atoms with Gasteiger partial charge in [-0.2, -0.15) is 0 Å². The van der Waals surface area contributed by atoms with Gasteiger partial charge in [0, 0.05) is 5.38 Å². The van der Waals surface area contributed by atoms with Gasteiger partial charge in [0.25, 0.3) is 0 Å². The highest BCUT2D eigenvalue weighted by atomic mass is 32.1. The van der Waals surface area contributed by atoms with Gasteiger partial charge in [0.05, 0.1) is 34.5 Å². The van der Waals surface area contributed by atoms with Gasteiger partial charge in [-0.25, -0.2) is 9.97 Å². The second kappa shape index (κ2) is 8.08. The molecule has 0 saturated carbocycles. The van der Waals surface area contributed by atoms with Crippen LogP contribution in [0.25, 0.3) is 20.8 Å². The molecule has 28 heavy (non-hydrogen) atoms. The Hall–Kier alpha value is -2.77. The number of nitrogens with zero attached hydrogens (tertiary/aromatic N) is 2. The molecule has 1 amide bonds. The Bertz CT molecular complexity index is 1130. The number of nitrogens with one attached hydrogen (secondary N) is 1. The molecule has 5 nitrogen and oxygen atoms in total. The van der Waals surface area contributed by atoms with E-state index in [1.165, 1.54) is 28.2 Å². The highest BCUT2D eigenvalue weighted by Crippen LogP contribution is 2.32. The SMILES string of the molecule is CCOc1ccccc1-c1nc(CC(=O)Nc2nc3ccc(C)cc3s2)cs1. The molecule has 4 aromatic rings. The number of aromatic nitrogens is 2. The molecule has 0 radical (unpaired) electrons. The van der Waals surface area contributed by atoms with E-state index >= 15 is 0 Å². The van der Waals surface area contributed by atoms with Gasteiger partial charge in [-0.15, -0.1) is 11.3 Å². The molecule has 0 fully saturated rings. The molecule has 4 rings (SSSR count). The second-order valence-electron chi connectivity index (χ2n) is 6.29. The van der Waals surface area contributed by atoms with Crippen LogP contribution in [0.2, 0.25) is 0 Å². The molecule has 0 spiro atoms. The van der Waals surface area contributed by atoms with Crippen LogP contribution in [0.3, 0.4) is 0 Å². The molecule has 0 bridgehead atoms. The van der Waals surface area contributed by atoms with Crippen molar-refractivity contribution >= 4 is 43.9 Å².